The van der Waals surface area contributed by atoms with Crippen molar-refractivity contribution in [3.63, 3.8) is 0 Å². The minimum atomic E-state index is -1.04. The standard InChI is InChI=1S/C28H36N2O5/c1-27(2)14-20-15-28(3,16-27)17-30(20)26(33)29-21(25(31)32)13-18-9-11-19(12-10-18)24-22(34-4)7-6-8-23(24)35-5/h6-12,20-21H,13-17H2,1-5H3,(H,29,33)(H,31,32). The molecule has 0 spiro atoms. The van der Waals surface area contributed by atoms with Gasteiger partial charge in [-0.3, -0.25) is 0 Å². The second-order valence-corrected chi connectivity index (χ2v) is 11.1. The summed E-state index contributed by atoms with van der Waals surface area (Å²) in [5.41, 5.74) is 2.84. The molecular weight excluding hydrogens is 444 g/mol. The molecule has 35 heavy (non-hydrogen) atoms. The molecule has 2 amide bonds. The lowest BCUT2D eigenvalue weighted by atomic mass is 9.65. The highest BCUT2D eigenvalue weighted by molar-refractivity contribution is 5.83. The highest BCUT2D eigenvalue weighted by Crippen LogP contribution is 2.52. The normalized spacial score (nSPS) is 23.5. The van der Waals surface area contributed by atoms with Gasteiger partial charge in [-0.05, 0) is 53.4 Å². The van der Waals surface area contributed by atoms with Crippen molar-refractivity contribution in [2.45, 2.75) is 58.5 Å². The van der Waals surface area contributed by atoms with Crippen molar-refractivity contribution in [3.8, 4) is 22.6 Å². The van der Waals surface area contributed by atoms with Gasteiger partial charge in [0, 0.05) is 19.0 Å². The van der Waals surface area contributed by atoms with Crippen LogP contribution in [0.25, 0.3) is 11.1 Å². The number of nitrogens with zero attached hydrogens (tertiary/aromatic N) is 1. The first-order valence-electron chi connectivity index (χ1n) is 12.1. The van der Waals surface area contributed by atoms with Crippen molar-refractivity contribution in [1.82, 2.24) is 10.2 Å². The van der Waals surface area contributed by atoms with E-state index >= 15 is 0 Å². The van der Waals surface area contributed by atoms with Gasteiger partial charge in [0.2, 0.25) is 0 Å². The van der Waals surface area contributed by atoms with Crippen LogP contribution in [0.2, 0.25) is 0 Å². The summed E-state index contributed by atoms with van der Waals surface area (Å²) in [6, 6.07) is 12.1. The molecule has 4 rings (SSSR count). The Kier molecular flexibility index (Phi) is 6.71. The lowest BCUT2D eigenvalue weighted by Crippen LogP contribution is -2.50. The number of nitrogens with one attached hydrogen (secondary N) is 1. The van der Waals surface area contributed by atoms with Crippen LogP contribution in [0.1, 0.15) is 45.6 Å². The van der Waals surface area contributed by atoms with E-state index in [9.17, 15) is 14.7 Å². The number of likely N-dealkylation sites (tertiary alicyclic amines) is 1. The average Bonchev–Trinajstić information content (AvgIpc) is 3.07. The van der Waals surface area contributed by atoms with Crippen LogP contribution in [0.3, 0.4) is 0 Å². The number of aliphatic carboxylic acids is 1. The topological polar surface area (TPSA) is 88.1 Å². The molecule has 7 heteroatoms. The molecule has 2 fully saturated rings. The molecule has 1 saturated carbocycles. The van der Waals surface area contributed by atoms with Crippen LogP contribution in [-0.4, -0.2) is 54.9 Å². The van der Waals surface area contributed by atoms with E-state index in [1.807, 2.05) is 47.4 Å². The van der Waals surface area contributed by atoms with Gasteiger partial charge in [-0.25, -0.2) is 9.59 Å². The molecule has 1 aliphatic carbocycles. The largest absolute Gasteiger partial charge is 0.496 e. The summed E-state index contributed by atoms with van der Waals surface area (Å²) in [6.07, 6.45) is 3.20. The Hall–Kier alpha value is -3.22. The number of methoxy groups -OCH3 is 2. The minimum Gasteiger partial charge on any atom is -0.496 e. The first-order chi connectivity index (χ1) is 16.5. The highest BCUT2D eigenvalue weighted by Gasteiger charge is 2.51. The van der Waals surface area contributed by atoms with Gasteiger partial charge in [0.15, 0.2) is 0 Å². The van der Waals surface area contributed by atoms with Crippen molar-refractivity contribution in [1.29, 1.82) is 0 Å². The fourth-order valence-electron chi connectivity index (χ4n) is 6.31. The van der Waals surface area contributed by atoms with Gasteiger partial charge in [-0.15, -0.1) is 0 Å². The molecule has 2 aliphatic rings. The summed E-state index contributed by atoms with van der Waals surface area (Å²) in [5.74, 6) is 0.350. The molecule has 1 heterocycles. The number of hydrogen-bond donors (Lipinski definition) is 2. The predicted molar refractivity (Wildman–Crippen MR) is 135 cm³/mol. The van der Waals surface area contributed by atoms with Gasteiger partial charge in [0.1, 0.15) is 17.5 Å². The molecule has 2 aromatic carbocycles. The monoisotopic (exact) mass is 480 g/mol. The Balaban J connectivity index is 1.47. The van der Waals surface area contributed by atoms with E-state index in [-0.39, 0.29) is 29.3 Å². The summed E-state index contributed by atoms with van der Waals surface area (Å²) >= 11 is 0. The number of rotatable bonds is 7. The third kappa shape index (κ3) is 5.24. The Morgan fingerprint density at radius 2 is 1.69 bits per heavy atom. The Labute approximate surface area is 207 Å². The second-order valence-electron chi connectivity index (χ2n) is 11.1. The summed E-state index contributed by atoms with van der Waals surface area (Å²) < 4.78 is 11.0. The first kappa shape index (κ1) is 24.9. The Bertz CT molecular complexity index is 1070. The number of hydrogen-bond acceptors (Lipinski definition) is 4. The van der Waals surface area contributed by atoms with Crippen LogP contribution in [-0.2, 0) is 11.2 Å². The number of carbonyl (C=O) groups is 2. The molecule has 2 bridgehead atoms. The maximum atomic E-state index is 13.2. The van der Waals surface area contributed by atoms with Gasteiger partial charge in [-0.1, -0.05) is 51.1 Å². The molecule has 1 saturated heterocycles. The molecule has 1 aliphatic heterocycles. The number of benzene rings is 2. The van der Waals surface area contributed by atoms with E-state index in [0.29, 0.717) is 18.0 Å². The van der Waals surface area contributed by atoms with E-state index in [1.165, 1.54) is 0 Å². The van der Waals surface area contributed by atoms with Gasteiger partial charge in [0.05, 0.1) is 19.8 Å². The second kappa shape index (κ2) is 9.44. The quantitative estimate of drug-likeness (QED) is 0.584. The van der Waals surface area contributed by atoms with Crippen molar-refractivity contribution in [2.24, 2.45) is 10.8 Å². The van der Waals surface area contributed by atoms with Crippen molar-refractivity contribution < 1.29 is 24.2 Å². The van der Waals surface area contributed by atoms with Crippen LogP contribution >= 0.6 is 0 Å². The van der Waals surface area contributed by atoms with Crippen molar-refractivity contribution >= 4 is 12.0 Å². The maximum Gasteiger partial charge on any atom is 0.326 e. The van der Waals surface area contributed by atoms with Gasteiger partial charge in [0.25, 0.3) is 0 Å². The molecule has 188 valence electrons. The molecule has 3 unspecified atom stereocenters. The fraction of sp³-hybridized carbons (Fsp3) is 0.500. The van der Waals surface area contributed by atoms with Crippen LogP contribution in [0.5, 0.6) is 11.5 Å². The Morgan fingerprint density at radius 3 is 2.26 bits per heavy atom. The van der Waals surface area contributed by atoms with Gasteiger partial charge in [-0.2, -0.15) is 0 Å². The van der Waals surface area contributed by atoms with E-state index in [1.54, 1.807) is 14.2 Å². The van der Waals surface area contributed by atoms with Gasteiger partial charge < -0.3 is 24.8 Å². The lowest BCUT2D eigenvalue weighted by Gasteiger charge is -2.39. The molecule has 2 N–H and O–H groups in total. The number of carboxylic acid groups (broad SMARTS) is 1. The zero-order valence-corrected chi connectivity index (χ0v) is 21.3. The third-order valence-corrected chi connectivity index (χ3v) is 7.38. The first-order valence-corrected chi connectivity index (χ1v) is 12.1. The van der Waals surface area contributed by atoms with Crippen LogP contribution < -0.4 is 14.8 Å². The molecule has 2 aromatic rings. The molecule has 3 atom stereocenters. The predicted octanol–water partition coefficient (Wildman–Crippen LogP) is 4.98. The number of amides is 2. The fourth-order valence-corrected chi connectivity index (χ4v) is 6.31. The number of carbonyl (C=O) groups excluding carboxylic acids is 1. The van der Waals surface area contributed by atoms with Crippen molar-refractivity contribution in [2.75, 3.05) is 20.8 Å². The molecule has 0 aromatic heterocycles. The molecule has 7 nitrogen and oxygen atoms in total. The Morgan fingerprint density at radius 1 is 1.06 bits per heavy atom. The maximum absolute atomic E-state index is 13.2. The van der Waals surface area contributed by atoms with E-state index in [4.69, 9.17) is 9.47 Å². The highest BCUT2D eigenvalue weighted by atomic mass is 16.5. The molecule has 0 radical (unpaired) electrons. The SMILES string of the molecule is COc1cccc(OC)c1-c1ccc(CC(NC(=O)N2CC3(C)CC2CC(C)(C)C3)C(=O)O)cc1. The van der Waals surface area contributed by atoms with E-state index < -0.39 is 12.0 Å². The minimum absolute atomic E-state index is 0.0951. The van der Waals surface area contributed by atoms with E-state index in [2.05, 4.69) is 26.1 Å². The molecular formula is C28H36N2O5. The zero-order valence-electron chi connectivity index (χ0n) is 21.3. The van der Waals surface area contributed by atoms with Crippen LogP contribution in [0.15, 0.2) is 42.5 Å². The average molecular weight is 481 g/mol. The summed E-state index contributed by atoms with van der Waals surface area (Å²) in [7, 11) is 3.23. The number of urea groups is 1. The zero-order chi connectivity index (χ0) is 25.4. The van der Waals surface area contributed by atoms with Crippen LogP contribution in [0.4, 0.5) is 4.79 Å². The smallest absolute Gasteiger partial charge is 0.326 e. The summed E-state index contributed by atoms with van der Waals surface area (Å²) in [6.45, 7) is 7.42. The number of fused-ring (bicyclic) bond motifs is 2. The third-order valence-electron chi connectivity index (χ3n) is 7.38. The van der Waals surface area contributed by atoms with Crippen molar-refractivity contribution in [3.05, 3.63) is 48.0 Å². The lowest BCUT2D eigenvalue weighted by molar-refractivity contribution is -0.139. The number of ether oxygens (including phenoxy) is 2. The van der Waals surface area contributed by atoms with Crippen LogP contribution in [0, 0.1) is 10.8 Å². The summed E-state index contributed by atoms with van der Waals surface area (Å²) in [4.78, 5) is 27.1. The van der Waals surface area contributed by atoms with E-state index in [0.717, 1.165) is 36.0 Å². The number of carboxylic acids is 1. The summed E-state index contributed by atoms with van der Waals surface area (Å²) in [5, 5.41) is 12.6. The van der Waals surface area contributed by atoms with Gasteiger partial charge >= 0.3 is 12.0 Å².